The monoisotopic (exact) mass is 304 g/mol. The van der Waals surface area contributed by atoms with Crippen LogP contribution in [0.1, 0.15) is 55.8 Å². The molecule has 2 nitrogen and oxygen atoms in total. The number of carbonyl (C=O) groups excluding carboxylic acids is 1. The molecule has 1 aliphatic carbocycles. The third kappa shape index (κ3) is 4.10. The molecule has 0 saturated heterocycles. The van der Waals surface area contributed by atoms with Crippen molar-refractivity contribution in [2.24, 2.45) is 0 Å². The molecule has 1 fully saturated rings. The number of fused-ring (bicyclic) bond motifs is 1. The van der Waals surface area contributed by atoms with Crippen LogP contribution in [-0.4, -0.2) is 23.4 Å². The van der Waals surface area contributed by atoms with Gasteiger partial charge in [-0.1, -0.05) is 43.5 Å². The van der Waals surface area contributed by atoms with Crippen LogP contribution in [0.3, 0.4) is 0 Å². The van der Waals surface area contributed by atoms with E-state index < -0.39 is 0 Å². The number of hydrogen-bond acceptors (Lipinski definition) is 3. The summed E-state index contributed by atoms with van der Waals surface area (Å²) in [6.07, 6.45) is 8.12. The molecule has 0 amide bonds. The van der Waals surface area contributed by atoms with Crippen LogP contribution in [0.2, 0.25) is 0 Å². The minimum absolute atomic E-state index is 0.0191. The van der Waals surface area contributed by atoms with Gasteiger partial charge >= 0.3 is 0 Å². The Morgan fingerprint density at radius 2 is 2.00 bits per heavy atom. The fourth-order valence-corrected chi connectivity index (χ4v) is 4.56. The zero-order valence-corrected chi connectivity index (χ0v) is 13.4. The van der Waals surface area contributed by atoms with Gasteiger partial charge in [-0.2, -0.15) is 11.8 Å². The molecule has 3 rings (SSSR count). The van der Waals surface area contributed by atoms with Crippen molar-refractivity contribution in [1.29, 1.82) is 0 Å². The van der Waals surface area contributed by atoms with Gasteiger partial charge in [0.05, 0.1) is 18.5 Å². The third-order valence-corrected chi connectivity index (χ3v) is 5.97. The lowest BCUT2D eigenvalue weighted by atomic mass is 9.95. The largest absolute Gasteiger partial charge is 0.373 e. The van der Waals surface area contributed by atoms with E-state index in [1.165, 1.54) is 43.2 Å². The van der Waals surface area contributed by atoms with Crippen molar-refractivity contribution >= 4 is 17.5 Å². The number of ether oxygens (including phenoxy) is 1. The number of thioether (sulfide) groups is 1. The van der Waals surface area contributed by atoms with Crippen molar-refractivity contribution in [3.63, 3.8) is 0 Å². The SMILES string of the molecule is O=C(CSC1CCCCC1)CC1OCCc2ccccc21. The molecule has 1 heterocycles. The van der Waals surface area contributed by atoms with Gasteiger partial charge in [-0.25, -0.2) is 0 Å². The van der Waals surface area contributed by atoms with Crippen molar-refractivity contribution in [3.8, 4) is 0 Å². The van der Waals surface area contributed by atoms with E-state index in [-0.39, 0.29) is 6.10 Å². The predicted molar refractivity (Wildman–Crippen MR) is 87.8 cm³/mol. The highest BCUT2D eigenvalue weighted by Crippen LogP contribution is 2.32. The predicted octanol–water partition coefficient (Wildman–Crippen LogP) is 4.33. The summed E-state index contributed by atoms with van der Waals surface area (Å²) >= 11 is 1.87. The average molecular weight is 304 g/mol. The van der Waals surface area contributed by atoms with Gasteiger partial charge in [-0.15, -0.1) is 0 Å². The van der Waals surface area contributed by atoms with Crippen LogP contribution in [0.25, 0.3) is 0 Å². The first-order valence-corrected chi connectivity index (χ1v) is 9.20. The maximum absolute atomic E-state index is 12.3. The highest BCUT2D eigenvalue weighted by atomic mass is 32.2. The van der Waals surface area contributed by atoms with Crippen LogP contribution >= 0.6 is 11.8 Å². The molecule has 114 valence electrons. The molecule has 3 heteroatoms. The molecule has 1 aromatic carbocycles. The van der Waals surface area contributed by atoms with E-state index in [0.717, 1.165) is 13.0 Å². The van der Waals surface area contributed by atoms with Gasteiger partial charge in [0.25, 0.3) is 0 Å². The van der Waals surface area contributed by atoms with Gasteiger partial charge < -0.3 is 4.74 Å². The van der Waals surface area contributed by atoms with Gasteiger partial charge in [0.15, 0.2) is 0 Å². The Hall–Kier alpha value is -0.800. The van der Waals surface area contributed by atoms with Crippen LogP contribution in [0, 0.1) is 0 Å². The van der Waals surface area contributed by atoms with Crippen molar-refractivity contribution in [1.82, 2.24) is 0 Å². The van der Waals surface area contributed by atoms with Gasteiger partial charge in [-0.3, -0.25) is 4.79 Å². The van der Waals surface area contributed by atoms with E-state index in [9.17, 15) is 4.79 Å². The fraction of sp³-hybridized carbons (Fsp3) is 0.611. The smallest absolute Gasteiger partial charge is 0.145 e. The molecule has 0 bridgehead atoms. The number of carbonyl (C=O) groups is 1. The Morgan fingerprint density at radius 3 is 2.86 bits per heavy atom. The van der Waals surface area contributed by atoms with Crippen molar-refractivity contribution in [3.05, 3.63) is 35.4 Å². The highest BCUT2D eigenvalue weighted by Gasteiger charge is 2.23. The highest BCUT2D eigenvalue weighted by molar-refractivity contribution is 8.00. The van der Waals surface area contributed by atoms with Crippen LogP contribution < -0.4 is 0 Å². The minimum atomic E-state index is -0.0191. The number of benzene rings is 1. The van der Waals surface area contributed by atoms with E-state index in [0.29, 0.717) is 23.2 Å². The second-order valence-electron chi connectivity index (χ2n) is 6.12. The van der Waals surface area contributed by atoms with Crippen molar-refractivity contribution in [2.45, 2.75) is 56.3 Å². The normalized spacial score (nSPS) is 22.8. The summed E-state index contributed by atoms with van der Waals surface area (Å²) in [4.78, 5) is 12.3. The zero-order valence-electron chi connectivity index (χ0n) is 12.6. The number of ketones is 1. The van der Waals surface area contributed by atoms with E-state index >= 15 is 0 Å². The average Bonchev–Trinajstić information content (AvgIpc) is 2.54. The van der Waals surface area contributed by atoms with Crippen molar-refractivity contribution in [2.75, 3.05) is 12.4 Å². The van der Waals surface area contributed by atoms with Crippen LogP contribution in [-0.2, 0) is 16.0 Å². The maximum Gasteiger partial charge on any atom is 0.145 e. The summed E-state index contributed by atoms with van der Waals surface area (Å²) in [5.41, 5.74) is 2.57. The summed E-state index contributed by atoms with van der Waals surface area (Å²) in [7, 11) is 0. The minimum Gasteiger partial charge on any atom is -0.373 e. The Labute approximate surface area is 131 Å². The lowest BCUT2D eigenvalue weighted by Gasteiger charge is -2.26. The van der Waals surface area contributed by atoms with Gasteiger partial charge in [0.2, 0.25) is 0 Å². The van der Waals surface area contributed by atoms with Gasteiger partial charge in [0.1, 0.15) is 5.78 Å². The summed E-state index contributed by atoms with van der Waals surface area (Å²) < 4.78 is 5.84. The first-order valence-electron chi connectivity index (χ1n) is 8.15. The topological polar surface area (TPSA) is 26.3 Å². The Bertz CT molecular complexity index is 480. The molecule has 0 aromatic heterocycles. The molecule has 1 saturated carbocycles. The lowest BCUT2D eigenvalue weighted by molar-refractivity contribution is -0.119. The van der Waals surface area contributed by atoms with Crippen LogP contribution in [0.5, 0.6) is 0 Å². The lowest BCUT2D eigenvalue weighted by Crippen LogP contribution is -2.20. The zero-order chi connectivity index (χ0) is 14.5. The molecule has 0 radical (unpaired) electrons. The number of hydrogen-bond donors (Lipinski definition) is 0. The van der Waals surface area contributed by atoms with Crippen LogP contribution in [0.4, 0.5) is 0 Å². The standard InChI is InChI=1S/C18H24O2S/c19-15(13-21-16-7-2-1-3-8-16)12-18-17-9-5-4-6-14(17)10-11-20-18/h4-6,9,16,18H,1-3,7-8,10-13H2. The van der Waals surface area contributed by atoms with E-state index in [2.05, 4.69) is 18.2 Å². The van der Waals surface area contributed by atoms with Gasteiger partial charge in [-0.05, 0) is 30.4 Å². The second kappa shape index (κ2) is 7.46. The number of Topliss-reactive ketones (excluding diaryl/α,β-unsaturated/α-hetero) is 1. The first kappa shape index (κ1) is 15.1. The Kier molecular flexibility index (Phi) is 5.37. The summed E-state index contributed by atoms with van der Waals surface area (Å²) in [5.74, 6) is 0.999. The molecule has 1 aromatic rings. The molecule has 1 aliphatic heterocycles. The quantitative estimate of drug-likeness (QED) is 0.810. The maximum atomic E-state index is 12.3. The number of rotatable bonds is 5. The Morgan fingerprint density at radius 1 is 1.19 bits per heavy atom. The van der Waals surface area contributed by atoms with Crippen molar-refractivity contribution < 1.29 is 9.53 Å². The van der Waals surface area contributed by atoms with E-state index in [1.54, 1.807) is 0 Å². The summed E-state index contributed by atoms with van der Waals surface area (Å²) in [6.45, 7) is 0.741. The van der Waals surface area contributed by atoms with Gasteiger partial charge in [0, 0.05) is 11.7 Å². The van der Waals surface area contributed by atoms with E-state index in [4.69, 9.17) is 4.74 Å². The molecular formula is C18H24O2S. The third-order valence-electron chi connectivity index (χ3n) is 4.54. The molecule has 0 N–H and O–H groups in total. The molecule has 1 atom stereocenters. The first-order chi connectivity index (χ1) is 10.3. The fourth-order valence-electron chi connectivity index (χ4n) is 3.35. The second-order valence-corrected chi connectivity index (χ2v) is 7.41. The summed E-state index contributed by atoms with van der Waals surface area (Å²) in [6, 6.07) is 8.39. The Balaban J connectivity index is 1.51. The molecule has 21 heavy (non-hydrogen) atoms. The van der Waals surface area contributed by atoms with E-state index in [1.807, 2.05) is 17.8 Å². The van der Waals surface area contributed by atoms with Crippen LogP contribution in [0.15, 0.2) is 24.3 Å². The molecule has 1 unspecified atom stereocenters. The molecule has 2 aliphatic rings. The summed E-state index contributed by atoms with van der Waals surface area (Å²) in [5, 5.41) is 0.710. The molecule has 0 spiro atoms. The molecular weight excluding hydrogens is 280 g/mol.